The predicted octanol–water partition coefficient (Wildman–Crippen LogP) is 1.37. The molecule has 7 heteroatoms. The van der Waals surface area contributed by atoms with Crippen LogP contribution in [0.4, 0.5) is 0 Å². The summed E-state index contributed by atoms with van der Waals surface area (Å²) in [4.78, 5) is 16.4. The van der Waals surface area contributed by atoms with Gasteiger partial charge in [0.2, 0.25) is 0 Å². The maximum absolute atomic E-state index is 12.6. The fraction of sp³-hybridized carbons (Fsp3) is 0.650. The predicted molar refractivity (Wildman–Crippen MR) is 104 cm³/mol. The number of hydrogen-bond donors (Lipinski definition) is 3. The summed E-state index contributed by atoms with van der Waals surface area (Å²) in [6.07, 6.45) is 2.23. The minimum absolute atomic E-state index is 0.124. The molecule has 2 atom stereocenters. The number of carbonyl (C=O) groups is 1. The van der Waals surface area contributed by atoms with Crippen LogP contribution in [-0.4, -0.2) is 82.1 Å². The van der Waals surface area contributed by atoms with E-state index < -0.39 is 11.7 Å². The Morgan fingerprint density at radius 3 is 2.44 bits per heavy atom. The molecule has 2 aliphatic heterocycles. The summed E-state index contributed by atoms with van der Waals surface area (Å²) < 4.78 is 0. The minimum atomic E-state index is -1.19. The third-order valence-electron chi connectivity index (χ3n) is 5.95. The first kappa shape index (κ1) is 20.6. The standard InChI is InChI=1S/C20H29ClN2O4/c21-17-3-1-16(2-4-17)19(26)23-11-8-20(27,18(25)13-23)14-22-9-5-15(6-10-22)7-12-24/h1-4,15,18,24-25,27H,5-14H2/t18-,20-/m0/s1. The van der Waals surface area contributed by atoms with Gasteiger partial charge in [0.1, 0.15) is 11.7 Å². The van der Waals surface area contributed by atoms with Crippen LogP contribution >= 0.6 is 11.6 Å². The zero-order chi connectivity index (χ0) is 19.4. The Hall–Kier alpha value is -1.18. The lowest BCUT2D eigenvalue weighted by atomic mass is 9.86. The van der Waals surface area contributed by atoms with Crippen molar-refractivity contribution >= 4 is 17.5 Å². The van der Waals surface area contributed by atoms with E-state index >= 15 is 0 Å². The summed E-state index contributed by atoms with van der Waals surface area (Å²) in [5.74, 6) is 0.391. The van der Waals surface area contributed by atoms with Crippen LogP contribution in [0.15, 0.2) is 24.3 Å². The number of amides is 1. The van der Waals surface area contributed by atoms with Crippen molar-refractivity contribution in [3.05, 3.63) is 34.9 Å². The largest absolute Gasteiger partial charge is 0.396 e. The van der Waals surface area contributed by atoms with Crippen LogP contribution in [0.25, 0.3) is 0 Å². The molecule has 1 aromatic carbocycles. The highest BCUT2D eigenvalue weighted by Crippen LogP contribution is 2.28. The topological polar surface area (TPSA) is 84.2 Å². The molecule has 0 saturated carbocycles. The van der Waals surface area contributed by atoms with Gasteiger partial charge >= 0.3 is 0 Å². The number of aliphatic hydroxyl groups excluding tert-OH is 2. The smallest absolute Gasteiger partial charge is 0.253 e. The lowest BCUT2D eigenvalue weighted by molar-refractivity contribution is -0.127. The molecule has 3 rings (SSSR count). The minimum Gasteiger partial charge on any atom is -0.396 e. The zero-order valence-corrected chi connectivity index (χ0v) is 16.3. The summed E-state index contributed by atoms with van der Waals surface area (Å²) in [5, 5.41) is 31.2. The van der Waals surface area contributed by atoms with Gasteiger partial charge in [-0.05, 0) is 69.0 Å². The van der Waals surface area contributed by atoms with E-state index in [1.54, 1.807) is 29.2 Å². The highest BCUT2D eigenvalue weighted by Gasteiger charge is 2.43. The van der Waals surface area contributed by atoms with Gasteiger partial charge < -0.3 is 25.1 Å². The lowest BCUT2D eigenvalue weighted by Crippen LogP contribution is -2.61. The van der Waals surface area contributed by atoms with Crippen molar-refractivity contribution in [2.45, 2.75) is 37.4 Å². The van der Waals surface area contributed by atoms with Crippen molar-refractivity contribution in [1.29, 1.82) is 0 Å². The summed E-state index contributed by atoms with van der Waals surface area (Å²) in [6.45, 7) is 2.92. The Morgan fingerprint density at radius 1 is 1.19 bits per heavy atom. The average Bonchev–Trinajstić information content (AvgIpc) is 2.66. The van der Waals surface area contributed by atoms with Gasteiger partial charge in [0, 0.05) is 36.8 Å². The highest BCUT2D eigenvalue weighted by molar-refractivity contribution is 6.30. The number of benzene rings is 1. The highest BCUT2D eigenvalue weighted by atomic mass is 35.5. The van der Waals surface area contributed by atoms with Crippen molar-refractivity contribution in [1.82, 2.24) is 9.80 Å². The van der Waals surface area contributed by atoms with Crippen molar-refractivity contribution in [3.63, 3.8) is 0 Å². The van der Waals surface area contributed by atoms with E-state index in [-0.39, 0.29) is 19.1 Å². The maximum Gasteiger partial charge on any atom is 0.253 e. The van der Waals surface area contributed by atoms with E-state index in [4.69, 9.17) is 16.7 Å². The van der Waals surface area contributed by atoms with Crippen LogP contribution < -0.4 is 0 Å². The van der Waals surface area contributed by atoms with E-state index in [0.717, 1.165) is 32.4 Å². The number of aliphatic hydroxyl groups is 3. The van der Waals surface area contributed by atoms with Crippen LogP contribution in [0.1, 0.15) is 36.0 Å². The van der Waals surface area contributed by atoms with E-state index in [9.17, 15) is 15.0 Å². The normalized spacial score (nSPS) is 27.7. The molecule has 0 aromatic heterocycles. The van der Waals surface area contributed by atoms with E-state index in [1.807, 2.05) is 0 Å². The van der Waals surface area contributed by atoms with Gasteiger partial charge in [0.05, 0.1) is 0 Å². The van der Waals surface area contributed by atoms with Crippen molar-refractivity contribution in [3.8, 4) is 0 Å². The molecule has 150 valence electrons. The first-order valence-corrected chi connectivity index (χ1v) is 10.1. The average molecular weight is 397 g/mol. The van der Waals surface area contributed by atoms with E-state index in [1.165, 1.54) is 0 Å². The molecule has 2 heterocycles. The number of piperidine rings is 2. The molecule has 27 heavy (non-hydrogen) atoms. The van der Waals surface area contributed by atoms with Crippen LogP contribution in [0.5, 0.6) is 0 Å². The summed E-state index contributed by atoms with van der Waals surface area (Å²) in [6, 6.07) is 6.70. The van der Waals surface area contributed by atoms with Crippen LogP contribution in [0, 0.1) is 5.92 Å². The summed E-state index contributed by atoms with van der Waals surface area (Å²) in [7, 11) is 0. The molecule has 3 N–H and O–H groups in total. The van der Waals surface area contributed by atoms with Gasteiger partial charge in [0.15, 0.2) is 0 Å². The molecule has 0 bridgehead atoms. The SMILES string of the molecule is O=C(c1ccc(Cl)cc1)N1CC[C@](O)(CN2CCC(CCO)CC2)[C@@H](O)C1. The first-order valence-electron chi connectivity index (χ1n) is 9.70. The summed E-state index contributed by atoms with van der Waals surface area (Å²) >= 11 is 5.87. The maximum atomic E-state index is 12.6. The van der Waals surface area contributed by atoms with Crippen molar-refractivity contribution in [2.75, 3.05) is 39.3 Å². The number of carbonyl (C=O) groups excluding carboxylic acids is 1. The molecule has 0 aliphatic carbocycles. The van der Waals surface area contributed by atoms with Crippen LogP contribution in [0.2, 0.25) is 5.02 Å². The molecular weight excluding hydrogens is 368 g/mol. The molecule has 6 nitrogen and oxygen atoms in total. The molecule has 1 aromatic rings. The second-order valence-corrected chi connectivity index (χ2v) is 8.30. The van der Waals surface area contributed by atoms with Crippen LogP contribution in [-0.2, 0) is 0 Å². The molecule has 0 radical (unpaired) electrons. The Kier molecular flexibility index (Phi) is 6.76. The van der Waals surface area contributed by atoms with Crippen molar-refractivity contribution < 1.29 is 20.1 Å². The van der Waals surface area contributed by atoms with Gasteiger partial charge in [-0.3, -0.25) is 4.79 Å². The molecule has 1 amide bonds. The van der Waals surface area contributed by atoms with Gasteiger partial charge in [-0.2, -0.15) is 0 Å². The van der Waals surface area contributed by atoms with Gasteiger partial charge in [-0.15, -0.1) is 0 Å². The number of β-amino-alcohol motifs (C(OH)–C–C–N with tert-alkyl or cyclic N) is 2. The van der Waals surface area contributed by atoms with Crippen LogP contribution in [0.3, 0.4) is 0 Å². The second kappa shape index (κ2) is 8.88. The number of hydrogen-bond acceptors (Lipinski definition) is 5. The first-order chi connectivity index (χ1) is 12.9. The van der Waals surface area contributed by atoms with Gasteiger partial charge in [0.25, 0.3) is 5.91 Å². The van der Waals surface area contributed by atoms with Gasteiger partial charge in [-0.1, -0.05) is 11.6 Å². The Labute approximate surface area is 165 Å². The number of likely N-dealkylation sites (tertiary alicyclic amines) is 2. The quantitative estimate of drug-likeness (QED) is 0.700. The lowest BCUT2D eigenvalue weighted by Gasteiger charge is -2.45. The molecule has 2 aliphatic rings. The molecule has 2 fully saturated rings. The molecular formula is C20H29ClN2O4. The number of nitrogens with zero attached hydrogens (tertiary/aromatic N) is 2. The fourth-order valence-corrected chi connectivity index (χ4v) is 4.24. The van der Waals surface area contributed by atoms with Gasteiger partial charge in [-0.25, -0.2) is 0 Å². The Morgan fingerprint density at radius 2 is 1.85 bits per heavy atom. The third-order valence-corrected chi connectivity index (χ3v) is 6.20. The fourth-order valence-electron chi connectivity index (χ4n) is 4.11. The third kappa shape index (κ3) is 5.00. The number of halogens is 1. The zero-order valence-electron chi connectivity index (χ0n) is 15.6. The Balaban J connectivity index is 1.54. The second-order valence-electron chi connectivity index (χ2n) is 7.86. The van der Waals surface area contributed by atoms with Crippen molar-refractivity contribution in [2.24, 2.45) is 5.92 Å². The molecule has 2 saturated heterocycles. The van der Waals surface area contributed by atoms with E-state index in [2.05, 4.69) is 4.90 Å². The molecule has 0 unspecified atom stereocenters. The Bertz CT molecular complexity index is 633. The number of rotatable bonds is 5. The molecule has 0 spiro atoms. The summed E-state index contributed by atoms with van der Waals surface area (Å²) in [5.41, 5.74) is -0.663. The monoisotopic (exact) mass is 396 g/mol. The van der Waals surface area contributed by atoms with E-state index in [0.29, 0.717) is 36.0 Å².